The number of H-pyrrole nitrogens is 1. The summed E-state index contributed by atoms with van der Waals surface area (Å²) in [5.41, 5.74) is 5.50. The van der Waals surface area contributed by atoms with Gasteiger partial charge in [-0.25, -0.2) is 0 Å². The average molecular weight is 701 g/mol. The van der Waals surface area contributed by atoms with Crippen molar-refractivity contribution >= 4 is 23.9 Å². The molecular weight excluding hydrogens is 660 g/mol. The van der Waals surface area contributed by atoms with E-state index in [1.165, 1.54) is 6.92 Å². The summed E-state index contributed by atoms with van der Waals surface area (Å²) in [5.74, 6) is -1.90. The van der Waals surface area contributed by atoms with Gasteiger partial charge in [0.2, 0.25) is 18.3 Å². The molecule has 1 saturated heterocycles. The van der Waals surface area contributed by atoms with Gasteiger partial charge in [0.1, 0.15) is 25.1 Å². The summed E-state index contributed by atoms with van der Waals surface area (Å²) in [4.78, 5) is 48.1. The molecule has 4 aromatic rings. The maximum atomic E-state index is 12.2. The van der Waals surface area contributed by atoms with Crippen molar-refractivity contribution in [1.82, 2.24) is 10.2 Å². The zero-order chi connectivity index (χ0) is 36.5. The summed E-state index contributed by atoms with van der Waals surface area (Å²) < 4.78 is 39.9. The van der Waals surface area contributed by atoms with Gasteiger partial charge in [-0.3, -0.25) is 24.3 Å². The van der Waals surface area contributed by atoms with Crippen LogP contribution in [-0.2, 0) is 55.9 Å². The van der Waals surface area contributed by atoms with Crippen LogP contribution in [0.15, 0.2) is 78.9 Å². The van der Waals surface area contributed by atoms with E-state index in [4.69, 9.17) is 33.2 Å². The number of carbonyl (C=O) groups is 4. The van der Waals surface area contributed by atoms with E-state index in [2.05, 4.69) is 10.2 Å². The Morgan fingerprint density at radius 3 is 1.90 bits per heavy atom. The molecule has 13 heteroatoms. The van der Waals surface area contributed by atoms with Crippen molar-refractivity contribution in [2.24, 2.45) is 0 Å². The molecule has 2 heterocycles. The molecule has 5 rings (SSSR count). The number of nitrogens with zero attached hydrogens (tertiary/aromatic N) is 1. The molecule has 5 atom stereocenters. The third kappa shape index (κ3) is 9.94. The fourth-order valence-electron chi connectivity index (χ4n) is 5.63. The highest BCUT2D eigenvalue weighted by atomic mass is 16.7. The molecule has 1 aromatic heterocycles. The van der Waals surface area contributed by atoms with Gasteiger partial charge in [0, 0.05) is 45.4 Å². The van der Waals surface area contributed by atoms with E-state index >= 15 is 0 Å². The first-order valence-corrected chi connectivity index (χ1v) is 16.3. The monoisotopic (exact) mass is 700 g/mol. The lowest BCUT2D eigenvalue weighted by Crippen LogP contribution is -2.63. The molecule has 1 unspecified atom stereocenters. The number of hydrogen-bond acceptors (Lipinski definition) is 12. The van der Waals surface area contributed by atoms with Gasteiger partial charge in [-0.15, -0.1) is 5.10 Å². The second-order valence-electron chi connectivity index (χ2n) is 12.0. The SMILES string of the molecule is CC(=O)OC[C@H]1OC(Oc2n[nH]c(C)c2Cc2ccc(-c3ccc(OCc4ccccc4)cc3)cc2)[C@H](OC(C)=O)[C@@H](OC(C)=O)[C@@H]1OC(C)=O. The Labute approximate surface area is 295 Å². The van der Waals surface area contributed by atoms with Crippen LogP contribution in [0.4, 0.5) is 0 Å². The summed E-state index contributed by atoms with van der Waals surface area (Å²) in [7, 11) is 0. The number of nitrogens with one attached hydrogen (secondary N) is 1. The molecule has 0 saturated carbocycles. The van der Waals surface area contributed by atoms with Crippen LogP contribution < -0.4 is 9.47 Å². The quantitative estimate of drug-likeness (QED) is 0.147. The summed E-state index contributed by atoms with van der Waals surface area (Å²) >= 11 is 0. The Kier molecular flexibility index (Phi) is 12.1. The van der Waals surface area contributed by atoms with Crippen LogP contribution in [0.2, 0.25) is 0 Å². The third-order valence-corrected chi connectivity index (χ3v) is 7.98. The number of aromatic nitrogens is 2. The molecule has 3 aromatic carbocycles. The van der Waals surface area contributed by atoms with Crippen LogP contribution in [0.25, 0.3) is 11.1 Å². The van der Waals surface area contributed by atoms with Gasteiger partial charge in [-0.1, -0.05) is 66.7 Å². The van der Waals surface area contributed by atoms with E-state index in [0.717, 1.165) is 48.8 Å². The van der Waals surface area contributed by atoms with E-state index in [1.54, 1.807) is 0 Å². The second-order valence-corrected chi connectivity index (χ2v) is 12.0. The number of rotatable bonds is 13. The van der Waals surface area contributed by atoms with Crippen molar-refractivity contribution in [3.63, 3.8) is 0 Å². The first kappa shape index (κ1) is 36.6. The predicted molar refractivity (Wildman–Crippen MR) is 181 cm³/mol. The second kappa shape index (κ2) is 16.8. The van der Waals surface area contributed by atoms with E-state index in [1.807, 2.05) is 85.8 Å². The number of hydrogen-bond donors (Lipinski definition) is 1. The number of ether oxygens (including phenoxy) is 7. The standard InChI is InChI=1S/C38H40N2O11/c1-22-32(19-27-11-13-29(14-12-27)30-15-17-31(18-16-30)46-20-28-9-7-6-8-10-28)37(40-39-22)51-38-36(49-26(5)44)35(48-25(4)43)34(47-24(3)42)33(50-38)21-45-23(2)41/h6-18,33-36,38H,19-21H2,1-5H3,(H,39,40)/t33-,34-,35+,36-,38?/m1/s1. The molecule has 0 amide bonds. The van der Waals surface area contributed by atoms with Gasteiger partial charge in [0.05, 0.1) is 0 Å². The number of aromatic amines is 1. The van der Waals surface area contributed by atoms with Gasteiger partial charge in [0.15, 0.2) is 12.2 Å². The normalized spacial score (nSPS) is 19.7. The molecule has 0 aliphatic carbocycles. The maximum Gasteiger partial charge on any atom is 0.303 e. The van der Waals surface area contributed by atoms with Crippen LogP contribution in [0.1, 0.15) is 50.1 Å². The van der Waals surface area contributed by atoms with Gasteiger partial charge in [0.25, 0.3) is 0 Å². The van der Waals surface area contributed by atoms with Crippen LogP contribution in [0.3, 0.4) is 0 Å². The predicted octanol–water partition coefficient (Wildman–Crippen LogP) is 5.02. The Hall–Kier alpha value is -5.69. The Bertz CT molecular complexity index is 1810. The highest BCUT2D eigenvalue weighted by Crippen LogP contribution is 2.33. The lowest BCUT2D eigenvalue weighted by atomic mass is 9.98. The number of aryl methyl sites for hydroxylation is 1. The molecule has 0 radical (unpaired) electrons. The van der Waals surface area contributed by atoms with Gasteiger partial charge >= 0.3 is 23.9 Å². The van der Waals surface area contributed by atoms with E-state index in [-0.39, 0.29) is 12.5 Å². The summed E-state index contributed by atoms with van der Waals surface area (Å²) in [6.07, 6.45) is -6.20. The van der Waals surface area contributed by atoms with Gasteiger partial charge in [-0.05, 0) is 41.3 Å². The van der Waals surface area contributed by atoms with Crippen molar-refractivity contribution in [2.45, 2.75) is 78.4 Å². The van der Waals surface area contributed by atoms with Crippen molar-refractivity contribution in [3.8, 4) is 22.8 Å². The molecule has 1 N–H and O–H groups in total. The molecule has 1 aliphatic heterocycles. The minimum Gasteiger partial charge on any atom is -0.489 e. The van der Waals surface area contributed by atoms with Crippen LogP contribution in [0, 0.1) is 6.92 Å². The molecule has 1 fully saturated rings. The summed E-state index contributed by atoms with van der Waals surface area (Å²) in [5, 5.41) is 7.24. The Morgan fingerprint density at radius 2 is 1.29 bits per heavy atom. The molecule has 1 aliphatic rings. The number of benzene rings is 3. The van der Waals surface area contributed by atoms with Gasteiger partial charge in [-0.2, -0.15) is 0 Å². The molecule has 51 heavy (non-hydrogen) atoms. The minimum atomic E-state index is -1.41. The smallest absolute Gasteiger partial charge is 0.303 e. The summed E-state index contributed by atoms with van der Waals surface area (Å²) in [6, 6.07) is 25.9. The fraction of sp³-hybridized carbons (Fsp3) is 0.342. The largest absolute Gasteiger partial charge is 0.489 e. The third-order valence-electron chi connectivity index (χ3n) is 7.98. The van der Waals surface area contributed by atoms with Crippen LogP contribution in [-0.4, -0.2) is 71.4 Å². The first-order valence-electron chi connectivity index (χ1n) is 16.3. The zero-order valence-corrected chi connectivity index (χ0v) is 29.0. The Balaban J connectivity index is 1.33. The maximum absolute atomic E-state index is 12.2. The highest BCUT2D eigenvalue weighted by molar-refractivity contribution is 5.69. The van der Waals surface area contributed by atoms with E-state index in [0.29, 0.717) is 24.3 Å². The number of carbonyl (C=O) groups excluding carboxylic acids is 4. The lowest BCUT2D eigenvalue weighted by Gasteiger charge is -2.43. The zero-order valence-electron chi connectivity index (χ0n) is 29.0. The Morgan fingerprint density at radius 1 is 0.706 bits per heavy atom. The molecule has 268 valence electrons. The van der Waals surface area contributed by atoms with Crippen molar-refractivity contribution < 1.29 is 52.3 Å². The first-order chi connectivity index (χ1) is 24.5. The fourth-order valence-corrected chi connectivity index (χ4v) is 5.63. The van der Waals surface area contributed by atoms with Crippen molar-refractivity contribution in [2.75, 3.05) is 6.61 Å². The average Bonchev–Trinajstić information content (AvgIpc) is 3.43. The van der Waals surface area contributed by atoms with Crippen LogP contribution >= 0.6 is 0 Å². The molecule has 13 nitrogen and oxygen atoms in total. The van der Waals surface area contributed by atoms with Crippen molar-refractivity contribution in [1.29, 1.82) is 0 Å². The summed E-state index contributed by atoms with van der Waals surface area (Å²) in [6.45, 7) is 6.61. The molecule has 0 bridgehead atoms. The van der Waals surface area contributed by atoms with E-state index < -0.39 is 54.6 Å². The number of esters is 4. The lowest BCUT2D eigenvalue weighted by molar-refractivity contribution is -0.289. The van der Waals surface area contributed by atoms with Crippen LogP contribution in [0.5, 0.6) is 11.6 Å². The molecular formula is C38H40N2O11. The molecule has 0 spiro atoms. The topological polar surface area (TPSA) is 162 Å². The van der Waals surface area contributed by atoms with Gasteiger partial charge < -0.3 is 33.2 Å². The minimum absolute atomic E-state index is 0.142. The van der Waals surface area contributed by atoms with Crippen molar-refractivity contribution in [3.05, 3.63) is 101 Å². The highest BCUT2D eigenvalue weighted by Gasteiger charge is 2.53. The van der Waals surface area contributed by atoms with E-state index in [9.17, 15) is 19.2 Å².